The van der Waals surface area contributed by atoms with Crippen LogP contribution in [0.1, 0.15) is 75.2 Å². The Hall–Kier alpha value is -2.09. The van der Waals surface area contributed by atoms with Crippen LogP contribution in [0.5, 0.6) is 5.75 Å². The SMILES string of the molecule is CC(=O)Oc1cc(C(F)(F)F)ccc1C(=O)O.CC12CC3CC(C)(C1)CC(N)(C3)C2. The quantitative estimate of drug-likeness (QED) is 0.511. The molecule has 0 saturated heterocycles. The highest BCUT2D eigenvalue weighted by atomic mass is 19.4. The van der Waals surface area contributed by atoms with E-state index in [0.29, 0.717) is 23.0 Å². The van der Waals surface area contributed by atoms with E-state index < -0.39 is 35.0 Å². The van der Waals surface area contributed by atoms with Gasteiger partial charge in [0.15, 0.2) is 0 Å². The van der Waals surface area contributed by atoms with Crippen molar-refractivity contribution in [3.63, 3.8) is 0 Å². The molecule has 4 aliphatic carbocycles. The molecule has 5 nitrogen and oxygen atoms in total. The number of carbonyl (C=O) groups is 2. The van der Waals surface area contributed by atoms with Crippen LogP contribution in [0, 0.1) is 16.7 Å². The first-order chi connectivity index (χ1) is 13.6. The van der Waals surface area contributed by atoms with Crippen molar-refractivity contribution in [2.75, 3.05) is 0 Å². The molecule has 5 rings (SSSR count). The molecule has 4 saturated carbocycles. The molecule has 2 unspecified atom stereocenters. The van der Waals surface area contributed by atoms with Gasteiger partial charge in [-0.25, -0.2) is 4.79 Å². The monoisotopic (exact) mass is 427 g/mol. The third kappa shape index (κ3) is 4.79. The number of nitrogens with two attached hydrogens (primary N) is 1. The van der Waals surface area contributed by atoms with Crippen LogP contribution in [0.25, 0.3) is 0 Å². The number of rotatable bonds is 2. The summed E-state index contributed by atoms with van der Waals surface area (Å²) in [4.78, 5) is 21.3. The molecular weight excluding hydrogens is 399 g/mol. The summed E-state index contributed by atoms with van der Waals surface area (Å²) in [5.74, 6) is -2.04. The molecular formula is C22H28F3NO4. The molecule has 0 radical (unpaired) electrons. The number of alkyl halides is 3. The maximum absolute atomic E-state index is 12.4. The second kappa shape index (κ2) is 7.25. The molecule has 4 fully saturated rings. The minimum absolute atomic E-state index is 0.225. The summed E-state index contributed by atoms with van der Waals surface area (Å²) in [6.45, 7) is 5.90. The highest BCUT2D eigenvalue weighted by Crippen LogP contribution is 2.65. The lowest BCUT2D eigenvalue weighted by molar-refractivity contribution is -0.138. The summed E-state index contributed by atoms with van der Waals surface area (Å²) in [6.07, 6.45) is 3.64. The normalized spacial score (nSPS) is 34.2. The zero-order valence-corrected chi connectivity index (χ0v) is 17.4. The van der Waals surface area contributed by atoms with Crippen LogP contribution in [0.2, 0.25) is 0 Å². The van der Waals surface area contributed by atoms with Crippen molar-refractivity contribution in [1.29, 1.82) is 0 Å². The average molecular weight is 427 g/mol. The second-order valence-electron chi connectivity index (χ2n) is 10.1. The molecule has 0 heterocycles. The number of halogens is 3. The second-order valence-corrected chi connectivity index (χ2v) is 10.1. The first-order valence-corrected chi connectivity index (χ1v) is 10.0. The Labute approximate surface area is 173 Å². The summed E-state index contributed by atoms with van der Waals surface area (Å²) in [5, 5.41) is 8.70. The van der Waals surface area contributed by atoms with Crippen LogP contribution in [0.15, 0.2) is 18.2 Å². The van der Waals surface area contributed by atoms with Gasteiger partial charge in [-0.1, -0.05) is 13.8 Å². The minimum Gasteiger partial charge on any atom is -0.478 e. The number of carboxylic acids is 1. The van der Waals surface area contributed by atoms with Crippen LogP contribution >= 0.6 is 0 Å². The molecule has 166 valence electrons. The molecule has 4 bridgehead atoms. The van der Waals surface area contributed by atoms with Crippen molar-refractivity contribution in [3.05, 3.63) is 29.3 Å². The van der Waals surface area contributed by atoms with Crippen molar-refractivity contribution >= 4 is 11.9 Å². The number of aromatic carboxylic acids is 1. The molecule has 0 amide bonds. The van der Waals surface area contributed by atoms with Gasteiger partial charge >= 0.3 is 18.1 Å². The van der Waals surface area contributed by atoms with Gasteiger partial charge in [0.05, 0.1) is 5.56 Å². The van der Waals surface area contributed by atoms with E-state index in [9.17, 15) is 22.8 Å². The molecule has 0 spiro atoms. The van der Waals surface area contributed by atoms with E-state index in [2.05, 4.69) is 18.6 Å². The first-order valence-electron chi connectivity index (χ1n) is 10.0. The number of carbonyl (C=O) groups excluding carboxylic acids is 1. The first kappa shape index (κ1) is 22.6. The fraction of sp³-hybridized carbons (Fsp3) is 0.636. The van der Waals surface area contributed by atoms with Gasteiger partial charge in [0, 0.05) is 12.5 Å². The third-order valence-electron chi connectivity index (χ3n) is 6.46. The maximum atomic E-state index is 12.4. The van der Waals surface area contributed by atoms with E-state index in [1.807, 2.05) is 0 Å². The third-order valence-corrected chi connectivity index (χ3v) is 6.46. The number of hydrogen-bond donors (Lipinski definition) is 2. The van der Waals surface area contributed by atoms with Crippen LogP contribution < -0.4 is 10.5 Å². The molecule has 0 aromatic heterocycles. The summed E-state index contributed by atoms with van der Waals surface area (Å²) >= 11 is 0. The number of esters is 1. The summed E-state index contributed by atoms with van der Waals surface area (Å²) < 4.78 is 41.5. The fourth-order valence-electron chi connectivity index (χ4n) is 6.65. The molecule has 1 aromatic rings. The van der Waals surface area contributed by atoms with Crippen molar-refractivity contribution in [1.82, 2.24) is 0 Å². The van der Waals surface area contributed by atoms with Gasteiger partial charge in [-0.2, -0.15) is 13.2 Å². The van der Waals surface area contributed by atoms with Crippen LogP contribution in [-0.4, -0.2) is 22.6 Å². The van der Waals surface area contributed by atoms with Gasteiger partial charge in [0.25, 0.3) is 0 Å². The van der Waals surface area contributed by atoms with E-state index in [0.717, 1.165) is 18.9 Å². The van der Waals surface area contributed by atoms with E-state index in [1.165, 1.54) is 38.5 Å². The fourth-order valence-corrected chi connectivity index (χ4v) is 6.65. The van der Waals surface area contributed by atoms with Crippen molar-refractivity contribution in [2.24, 2.45) is 22.5 Å². The molecule has 8 heteroatoms. The zero-order chi connectivity index (χ0) is 22.5. The lowest BCUT2D eigenvalue weighted by Gasteiger charge is -2.64. The zero-order valence-electron chi connectivity index (χ0n) is 17.4. The number of carboxylic acid groups (broad SMARTS) is 1. The predicted molar refractivity (Wildman–Crippen MR) is 104 cm³/mol. The highest BCUT2D eigenvalue weighted by Gasteiger charge is 2.58. The minimum atomic E-state index is -4.63. The van der Waals surface area contributed by atoms with Gasteiger partial charge in [0.2, 0.25) is 0 Å². The summed E-state index contributed by atoms with van der Waals surface area (Å²) in [6, 6.07) is 1.82. The van der Waals surface area contributed by atoms with Gasteiger partial charge in [-0.3, -0.25) is 4.79 Å². The van der Waals surface area contributed by atoms with Gasteiger partial charge in [-0.15, -0.1) is 0 Å². The highest BCUT2D eigenvalue weighted by molar-refractivity contribution is 5.92. The van der Waals surface area contributed by atoms with E-state index in [-0.39, 0.29) is 5.54 Å². The lowest BCUT2D eigenvalue weighted by Crippen LogP contribution is -2.62. The van der Waals surface area contributed by atoms with Gasteiger partial charge in [0.1, 0.15) is 11.3 Å². The Morgan fingerprint density at radius 2 is 1.67 bits per heavy atom. The average Bonchev–Trinajstić information content (AvgIpc) is 2.48. The molecule has 1 aromatic carbocycles. The van der Waals surface area contributed by atoms with E-state index >= 15 is 0 Å². The van der Waals surface area contributed by atoms with E-state index in [1.54, 1.807) is 0 Å². The van der Waals surface area contributed by atoms with Crippen molar-refractivity contribution < 1.29 is 32.6 Å². The molecule has 2 atom stereocenters. The van der Waals surface area contributed by atoms with Gasteiger partial charge in [-0.05, 0) is 73.5 Å². The predicted octanol–water partition coefficient (Wildman–Crippen LogP) is 5.02. The molecule has 30 heavy (non-hydrogen) atoms. The van der Waals surface area contributed by atoms with Crippen LogP contribution in [0.3, 0.4) is 0 Å². The molecule has 0 aliphatic heterocycles. The Morgan fingerprint density at radius 1 is 1.10 bits per heavy atom. The Morgan fingerprint density at radius 3 is 2.07 bits per heavy atom. The van der Waals surface area contributed by atoms with Crippen LogP contribution in [0.4, 0.5) is 13.2 Å². The largest absolute Gasteiger partial charge is 0.478 e. The van der Waals surface area contributed by atoms with Crippen LogP contribution in [-0.2, 0) is 11.0 Å². The standard InChI is InChI=1S/C12H21N.C10H7F3O4/c1-10-3-9-4-11(2,6-10)8-12(13,5-9)7-10;1-5(14)17-8-4-6(10(11,12)13)2-3-7(8)9(15)16/h9H,3-8,13H2,1-2H3;2-4H,1H3,(H,15,16). The van der Waals surface area contributed by atoms with Crippen molar-refractivity contribution in [3.8, 4) is 5.75 Å². The summed E-state index contributed by atoms with van der Waals surface area (Å²) in [7, 11) is 0. The Bertz CT molecular complexity index is 816. The number of hydrogen-bond acceptors (Lipinski definition) is 4. The lowest BCUT2D eigenvalue weighted by atomic mass is 9.43. The Balaban J connectivity index is 0.000000175. The topological polar surface area (TPSA) is 89.6 Å². The maximum Gasteiger partial charge on any atom is 0.416 e. The molecule has 3 N–H and O–H groups in total. The number of benzene rings is 1. The van der Waals surface area contributed by atoms with Crippen molar-refractivity contribution in [2.45, 2.75) is 71.0 Å². The Kier molecular flexibility index (Phi) is 5.46. The van der Waals surface area contributed by atoms with Gasteiger partial charge < -0.3 is 15.6 Å². The smallest absolute Gasteiger partial charge is 0.416 e. The summed E-state index contributed by atoms with van der Waals surface area (Å²) in [5.41, 5.74) is 6.33. The van der Waals surface area contributed by atoms with E-state index in [4.69, 9.17) is 10.8 Å². The number of ether oxygens (including phenoxy) is 1. The molecule has 4 aliphatic rings.